The number of anilines is 1. The SMILES string of the molecule is COC(C)CCOC(C)CCC(=O)NC12CNCNCC(NC(=S)Nc3ccc(N=C=S)cc3)(CNCNC1)CNCNC2. The molecule has 15 heteroatoms. The molecular formula is C29H50N10O3S2. The molecule has 0 aliphatic carbocycles. The van der Waals surface area contributed by atoms with E-state index in [4.69, 9.17) is 21.7 Å². The van der Waals surface area contributed by atoms with E-state index in [1.165, 1.54) is 0 Å². The van der Waals surface area contributed by atoms with Crippen molar-refractivity contribution in [2.24, 2.45) is 4.99 Å². The first-order chi connectivity index (χ1) is 21.3. The molecule has 44 heavy (non-hydrogen) atoms. The Morgan fingerprint density at radius 1 is 0.886 bits per heavy atom. The van der Waals surface area contributed by atoms with Crippen LogP contribution in [0.15, 0.2) is 29.3 Å². The van der Waals surface area contributed by atoms with Crippen LogP contribution < -0.4 is 47.9 Å². The fourth-order valence-corrected chi connectivity index (χ4v) is 5.56. The molecule has 2 unspecified atom stereocenters. The number of hydrogen-bond donors (Lipinski definition) is 9. The van der Waals surface area contributed by atoms with Crippen LogP contribution in [0.1, 0.15) is 33.1 Å². The van der Waals surface area contributed by atoms with E-state index in [9.17, 15) is 4.79 Å². The van der Waals surface area contributed by atoms with E-state index in [0.29, 0.717) is 83.8 Å². The number of rotatable bonds is 12. The minimum Gasteiger partial charge on any atom is -0.382 e. The first-order valence-corrected chi connectivity index (χ1v) is 16.1. The Bertz CT molecular complexity index is 1040. The Hall–Kier alpha value is -2.14. The minimum atomic E-state index is -0.524. The molecule has 13 nitrogen and oxygen atoms in total. The van der Waals surface area contributed by atoms with Crippen LogP contribution in [0.4, 0.5) is 11.4 Å². The maximum Gasteiger partial charge on any atom is 0.220 e. The van der Waals surface area contributed by atoms with Gasteiger partial charge >= 0.3 is 0 Å². The number of amides is 1. The van der Waals surface area contributed by atoms with Gasteiger partial charge in [-0.05, 0) is 75.4 Å². The van der Waals surface area contributed by atoms with Gasteiger partial charge in [0.1, 0.15) is 0 Å². The van der Waals surface area contributed by atoms with Gasteiger partial charge in [-0.1, -0.05) is 0 Å². The highest BCUT2D eigenvalue weighted by atomic mass is 32.1. The molecule has 1 aromatic rings. The average Bonchev–Trinajstić information content (AvgIpc) is 2.99. The molecule has 0 spiro atoms. The third-order valence-electron chi connectivity index (χ3n) is 7.72. The zero-order valence-corrected chi connectivity index (χ0v) is 27.8. The van der Waals surface area contributed by atoms with Crippen LogP contribution in [0.3, 0.4) is 0 Å². The van der Waals surface area contributed by atoms with Gasteiger partial charge in [-0.3, -0.25) is 4.79 Å². The molecule has 1 amide bonds. The predicted octanol–water partition coefficient (Wildman–Crippen LogP) is 0.349. The molecule has 3 aliphatic rings. The van der Waals surface area contributed by atoms with Crippen LogP contribution in [-0.4, -0.2) is 112 Å². The van der Waals surface area contributed by atoms with Gasteiger partial charge in [0.15, 0.2) is 5.11 Å². The van der Waals surface area contributed by atoms with Crippen LogP contribution in [0, 0.1) is 0 Å². The summed E-state index contributed by atoms with van der Waals surface area (Å²) in [5.74, 6) is 0.00878. The second kappa shape index (κ2) is 19.4. The monoisotopic (exact) mass is 650 g/mol. The van der Waals surface area contributed by atoms with Crippen LogP contribution in [0.5, 0.6) is 0 Å². The van der Waals surface area contributed by atoms with Crippen molar-refractivity contribution in [1.29, 1.82) is 0 Å². The lowest BCUT2D eigenvalue weighted by molar-refractivity contribution is -0.123. The predicted molar refractivity (Wildman–Crippen MR) is 182 cm³/mol. The van der Waals surface area contributed by atoms with Crippen molar-refractivity contribution in [2.45, 2.75) is 56.4 Å². The summed E-state index contributed by atoms with van der Waals surface area (Å²) < 4.78 is 11.2. The third-order valence-corrected chi connectivity index (χ3v) is 8.02. The first kappa shape index (κ1) is 36.3. The van der Waals surface area contributed by atoms with Crippen molar-refractivity contribution in [3.63, 3.8) is 0 Å². The van der Waals surface area contributed by atoms with Crippen molar-refractivity contribution >= 4 is 52.0 Å². The Labute approximate surface area is 272 Å². The summed E-state index contributed by atoms with van der Waals surface area (Å²) in [6.07, 6.45) is 2.03. The van der Waals surface area contributed by atoms with Gasteiger partial charge in [0.25, 0.3) is 0 Å². The van der Waals surface area contributed by atoms with Crippen LogP contribution in [-0.2, 0) is 14.3 Å². The summed E-state index contributed by atoms with van der Waals surface area (Å²) in [7, 11) is 1.70. The van der Waals surface area contributed by atoms with Crippen molar-refractivity contribution in [3.8, 4) is 0 Å². The largest absolute Gasteiger partial charge is 0.382 e. The van der Waals surface area contributed by atoms with Crippen molar-refractivity contribution in [3.05, 3.63) is 24.3 Å². The lowest BCUT2D eigenvalue weighted by atomic mass is 9.97. The quantitative estimate of drug-likeness (QED) is 0.113. The highest BCUT2D eigenvalue weighted by Gasteiger charge is 2.34. The van der Waals surface area contributed by atoms with E-state index in [1.807, 2.05) is 38.1 Å². The lowest BCUT2D eigenvalue weighted by Gasteiger charge is -2.41. The fraction of sp³-hybridized carbons (Fsp3) is 0.690. The molecule has 9 N–H and O–H groups in total. The Kier molecular flexibility index (Phi) is 16.0. The summed E-state index contributed by atoms with van der Waals surface area (Å²) in [6, 6.07) is 7.50. The second-order valence-corrected chi connectivity index (χ2v) is 12.2. The molecule has 3 heterocycles. The summed E-state index contributed by atoms with van der Waals surface area (Å²) in [4.78, 5) is 17.1. The van der Waals surface area contributed by atoms with E-state index in [-0.39, 0.29) is 18.1 Å². The lowest BCUT2D eigenvalue weighted by Crippen LogP contribution is -2.70. The van der Waals surface area contributed by atoms with Gasteiger partial charge in [0.2, 0.25) is 5.91 Å². The number of nitrogens with one attached hydrogen (secondary N) is 9. The molecule has 3 saturated heterocycles. The van der Waals surface area contributed by atoms with Gasteiger partial charge < -0.3 is 57.3 Å². The van der Waals surface area contributed by atoms with Gasteiger partial charge in [-0.25, -0.2) is 0 Å². The number of carbonyl (C=O) groups is 1. The fourth-order valence-electron chi connectivity index (χ4n) is 5.12. The van der Waals surface area contributed by atoms with Crippen LogP contribution in [0.2, 0.25) is 0 Å². The Morgan fingerprint density at radius 3 is 1.91 bits per heavy atom. The number of ether oxygens (including phenoxy) is 2. The molecule has 3 aliphatic heterocycles. The minimum absolute atomic E-state index is 0.00465. The normalized spacial score (nSPS) is 24.5. The molecule has 2 bridgehead atoms. The van der Waals surface area contributed by atoms with Gasteiger partial charge in [-0.2, -0.15) is 4.99 Å². The highest BCUT2D eigenvalue weighted by molar-refractivity contribution is 7.80. The summed E-state index contributed by atoms with van der Waals surface area (Å²) in [5.41, 5.74) is 0.628. The number of fused-ring (bicyclic) bond motifs is 12. The van der Waals surface area contributed by atoms with Crippen molar-refractivity contribution in [1.82, 2.24) is 42.5 Å². The first-order valence-electron chi connectivity index (χ1n) is 15.2. The average molecular weight is 651 g/mol. The van der Waals surface area contributed by atoms with Crippen LogP contribution >= 0.6 is 24.4 Å². The van der Waals surface area contributed by atoms with Crippen molar-refractivity contribution < 1.29 is 14.3 Å². The van der Waals surface area contributed by atoms with E-state index < -0.39 is 11.1 Å². The smallest absolute Gasteiger partial charge is 0.220 e. The molecule has 4 rings (SSSR count). The number of benzene rings is 1. The number of methoxy groups -OCH3 is 1. The van der Waals surface area contributed by atoms with Crippen molar-refractivity contribution in [2.75, 3.05) is 78.3 Å². The van der Waals surface area contributed by atoms with Gasteiger partial charge in [-0.15, -0.1) is 0 Å². The van der Waals surface area contributed by atoms with E-state index in [2.05, 4.69) is 70.2 Å². The highest BCUT2D eigenvalue weighted by Crippen LogP contribution is 2.16. The van der Waals surface area contributed by atoms with Gasteiger partial charge in [0, 0.05) is 85.1 Å². The summed E-state index contributed by atoms with van der Waals surface area (Å²) in [5, 5.41) is 34.1. The number of carbonyl (C=O) groups excluding carboxylic acids is 1. The molecule has 0 radical (unpaired) electrons. The third kappa shape index (κ3) is 13.1. The van der Waals surface area contributed by atoms with Crippen LogP contribution in [0.25, 0.3) is 0 Å². The summed E-state index contributed by atoms with van der Waals surface area (Å²) in [6.45, 7) is 9.96. The maximum absolute atomic E-state index is 13.1. The second-order valence-electron chi connectivity index (χ2n) is 11.6. The molecule has 2 atom stereocenters. The van der Waals surface area contributed by atoms with E-state index in [0.717, 1.165) is 17.8 Å². The molecule has 3 fully saturated rings. The molecule has 0 aromatic heterocycles. The summed E-state index contributed by atoms with van der Waals surface area (Å²) >= 11 is 10.4. The molecule has 0 saturated carbocycles. The van der Waals surface area contributed by atoms with E-state index >= 15 is 0 Å². The zero-order valence-electron chi connectivity index (χ0n) is 26.1. The van der Waals surface area contributed by atoms with Gasteiger partial charge in [0.05, 0.1) is 34.1 Å². The number of nitrogens with zero attached hydrogens (tertiary/aromatic N) is 1. The Balaban J connectivity index is 1.57. The molecule has 1 aromatic carbocycles. The number of hydrogen-bond acceptors (Lipinski definition) is 12. The van der Waals surface area contributed by atoms with E-state index in [1.54, 1.807) is 7.11 Å². The molecule has 246 valence electrons. The standard InChI is InChI=1S/C29H50N10O3S2/c1-22(41-3)10-11-42-23(2)4-9-26(40)38-28-12-30-18-33-15-29(16-34-19-31-13-28,17-35-20-32-14-28)39-27(44)37-25-7-5-24(6-8-25)36-21-43/h5-8,22-23,30-35H,4,9-20H2,1-3H3,(H,38,40)(H2,37,39,44). The number of isothiocyanates is 1. The topological polar surface area (TPSA) is 156 Å². The maximum atomic E-state index is 13.1. The Morgan fingerprint density at radius 2 is 1.41 bits per heavy atom. The number of thiocarbonyl (C=S) groups is 2. The zero-order chi connectivity index (χ0) is 31.7. The number of aliphatic imine (C=N–C) groups is 1. The molecular weight excluding hydrogens is 601 g/mol.